The molecule has 2 aliphatic rings. The maximum Gasteiger partial charge on any atom is 0.0826 e. The molecule has 4 nitrogen and oxygen atoms in total. The van der Waals surface area contributed by atoms with Crippen molar-refractivity contribution in [3.8, 4) is 0 Å². The molecule has 0 amide bonds. The number of hydrogen-bond donors (Lipinski definition) is 1. The zero-order chi connectivity index (χ0) is 10.7. The van der Waals surface area contributed by atoms with Crippen LogP contribution in [-0.4, -0.2) is 63.0 Å². The van der Waals surface area contributed by atoms with Crippen molar-refractivity contribution >= 4 is 0 Å². The maximum atomic E-state index is 5.70. The van der Waals surface area contributed by atoms with Gasteiger partial charge in [-0.1, -0.05) is 0 Å². The van der Waals surface area contributed by atoms with Crippen molar-refractivity contribution in [2.24, 2.45) is 0 Å². The first-order valence-electron chi connectivity index (χ1n) is 5.93. The number of likely N-dealkylation sites (N-methyl/N-ethyl adjacent to an activating group) is 1. The molecular weight excluding hydrogens is 192 g/mol. The normalized spacial score (nSPS) is 38.4. The lowest BCUT2D eigenvalue weighted by Gasteiger charge is -2.37. The fraction of sp³-hybridized carbons (Fsp3) is 1.00. The molecule has 15 heavy (non-hydrogen) atoms. The van der Waals surface area contributed by atoms with E-state index < -0.39 is 0 Å². The zero-order valence-corrected chi connectivity index (χ0v) is 9.74. The summed E-state index contributed by atoms with van der Waals surface area (Å²) in [4.78, 5) is 2.53. The summed E-state index contributed by atoms with van der Waals surface area (Å²) < 4.78 is 11.3. The van der Waals surface area contributed by atoms with E-state index in [-0.39, 0.29) is 0 Å². The van der Waals surface area contributed by atoms with Gasteiger partial charge >= 0.3 is 0 Å². The molecule has 2 saturated heterocycles. The van der Waals surface area contributed by atoms with E-state index in [2.05, 4.69) is 17.1 Å². The highest BCUT2D eigenvalue weighted by atomic mass is 16.5. The van der Waals surface area contributed by atoms with Crippen molar-refractivity contribution in [3.05, 3.63) is 0 Å². The van der Waals surface area contributed by atoms with E-state index >= 15 is 0 Å². The minimum atomic E-state index is 0.344. The van der Waals surface area contributed by atoms with Gasteiger partial charge in [0, 0.05) is 32.3 Å². The van der Waals surface area contributed by atoms with Gasteiger partial charge in [0.2, 0.25) is 0 Å². The Morgan fingerprint density at radius 1 is 1.33 bits per heavy atom. The van der Waals surface area contributed by atoms with Crippen LogP contribution >= 0.6 is 0 Å². The van der Waals surface area contributed by atoms with Crippen molar-refractivity contribution in [3.63, 3.8) is 0 Å². The average Bonchev–Trinajstić information content (AvgIpc) is 2.65. The van der Waals surface area contributed by atoms with Gasteiger partial charge in [-0.3, -0.25) is 4.90 Å². The number of nitrogens with one attached hydrogen (secondary N) is 1. The van der Waals surface area contributed by atoms with Crippen LogP contribution in [0.4, 0.5) is 0 Å². The standard InChI is InChI=1S/C11H22N2O2/c1-9-11(3-5-14-9)13-4-6-15-10(8-13)7-12-2/h9-12H,3-8H2,1-2H3. The molecule has 1 N–H and O–H groups in total. The third-order valence-corrected chi connectivity index (χ3v) is 3.41. The van der Waals surface area contributed by atoms with E-state index in [4.69, 9.17) is 9.47 Å². The summed E-state index contributed by atoms with van der Waals surface area (Å²) in [5, 5.41) is 3.18. The Labute approximate surface area is 91.9 Å². The number of nitrogens with zero attached hydrogens (tertiary/aromatic N) is 1. The molecule has 0 aliphatic carbocycles. The summed E-state index contributed by atoms with van der Waals surface area (Å²) in [5.74, 6) is 0. The van der Waals surface area contributed by atoms with Crippen molar-refractivity contribution in [1.29, 1.82) is 0 Å². The van der Waals surface area contributed by atoms with E-state index in [1.165, 1.54) is 6.42 Å². The Hall–Kier alpha value is -0.160. The molecule has 2 fully saturated rings. The summed E-state index contributed by atoms with van der Waals surface area (Å²) in [6.07, 6.45) is 1.91. The Kier molecular flexibility index (Phi) is 3.97. The molecular formula is C11H22N2O2. The Morgan fingerprint density at radius 3 is 2.87 bits per heavy atom. The second kappa shape index (κ2) is 5.25. The average molecular weight is 214 g/mol. The molecule has 0 bridgehead atoms. The fourth-order valence-corrected chi connectivity index (χ4v) is 2.59. The zero-order valence-electron chi connectivity index (χ0n) is 9.74. The third kappa shape index (κ3) is 2.69. The van der Waals surface area contributed by atoms with Crippen LogP contribution in [0.1, 0.15) is 13.3 Å². The largest absolute Gasteiger partial charge is 0.377 e. The summed E-state index contributed by atoms with van der Waals surface area (Å²) >= 11 is 0. The SMILES string of the molecule is CNCC1CN(C2CCOC2C)CCO1. The van der Waals surface area contributed by atoms with Crippen molar-refractivity contribution in [2.45, 2.75) is 31.6 Å². The molecule has 88 valence electrons. The van der Waals surface area contributed by atoms with Crippen LogP contribution in [0, 0.1) is 0 Å². The van der Waals surface area contributed by atoms with E-state index in [0.29, 0.717) is 18.2 Å². The first-order valence-corrected chi connectivity index (χ1v) is 5.93. The first-order chi connectivity index (χ1) is 7.31. The minimum Gasteiger partial charge on any atom is -0.377 e. The predicted octanol–water partition coefficient (Wildman–Crippen LogP) is 0.0840. The topological polar surface area (TPSA) is 33.7 Å². The molecule has 2 heterocycles. The Balaban J connectivity index is 1.86. The van der Waals surface area contributed by atoms with Crippen LogP contribution in [0.3, 0.4) is 0 Å². The van der Waals surface area contributed by atoms with Gasteiger partial charge < -0.3 is 14.8 Å². The second-order valence-electron chi connectivity index (χ2n) is 4.48. The molecule has 2 aliphatic heterocycles. The third-order valence-electron chi connectivity index (χ3n) is 3.41. The highest BCUT2D eigenvalue weighted by molar-refractivity contribution is 4.85. The van der Waals surface area contributed by atoms with Crippen LogP contribution in [-0.2, 0) is 9.47 Å². The number of hydrogen-bond acceptors (Lipinski definition) is 4. The maximum absolute atomic E-state index is 5.70. The Morgan fingerprint density at radius 2 is 2.20 bits per heavy atom. The molecule has 0 aromatic heterocycles. The number of ether oxygens (including phenoxy) is 2. The first kappa shape index (κ1) is 11.3. The summed E-state index contributed by atoms with van der Waals surface area (Å²) in [6.45, 7) is 6.99. The van der Waals surface area contributed by atoms with Crippen LogP contribution in [0.15, 0.2) is 0 Å². The summed E-state index contributed by atoms with van der Waals surface area (Å²) in [5.41, 5.74) is 0. The Bertz CT molecular complexity index is 199. The van der Waals surface area contributed by atoms with Gasteiger partial charge in [-0.25, -0.2) is 0 Å². The van der Waals surface area contributed by atoms with Crippen LogP contribution in [0.25, 0.3) is 0 Å². The van der Waals surface area contributed by atoms with E-state index in [1.54, 1.807) is 0 Å². The summed E-state index contributed by atoms with van der Waals surface area (Å²) in [7, 11) is 1.98. The molecule has 4 heteroatoms. The summed E-state index contributed by atoms with van der Waals surface area (Å²) in [6, 6.07) is 0.605. The molecule has 3 unspecified atom stereocenters. The lowest BCUT2D eigenvalue weighted by atomic mass is 10.1. The van der Waals surface area contributed by atoms with E-state index in [0.717, 1.165) is 32.8 Å². The van der Waals surface area contributed by atoms with Crippen LogP contribution in [0.2, 0.25) is 0 Å². The highest BCUT2D eigenvalue weighted by Crippen LogP contribution is 2.21. The van der Waals surface area contributed by atoms with Gasteiger partial charge in [0.15, 0.2) is 0 Å². The van der Waals surface area contributed by atoms with Crippen molar-refractivity contribution in [1.82, 2.24) is 10.2 Å². The molecule has 0 saturated carbocycles. The lowest BCUT2D eigenvalue weighted by molar-refractivity contribution is -0.0505. The highest BCUT2D eigenvalue weighted by Gasteiger charge is 2.33. The van der Waals surface area contributed by atoms with Crippen molar-refractivity contribution in [2.75, 3.05) is 39.9 Å². The van der Waals surface area contributed by atoms with E-state index in [1.807, 2.05) is 7.05 Å². The van der Waals surface area contributed by atoms with Gasteiger partial charge in [0.25, 0.3) is 0 Å². The molecule has 3 atom stereocenters. The van der Waals surface area contributed by atoms with Gasteiger partial charge in [-0.05, 0) is 20.4 Å². The minimum absolute atomic E-state index is 0.344. The molecule has 0 aromatic carbocycles. The molecule has 0 spiro atoms. The quantitative estimate of drug-likeness (QED) is 0.721. The molecule has 0 radical (unpaired) electrons. The smallest absolute Gasteiger partial charge is 0.0826 e. The monoisotopic (exact) mass is 214 g/mol. The predicted molar refractivity (Wildman–Crippen MR) is 59.1 cm³/mol. The van der Waals surface area contributed by atoms with E-state index in [9.17, 15) is 0 Å². The van der Waals surface area contributed by atoms with Crippen LogP contribution < -0.4 is 5.32 Å². The second-order valence-corrected chi connectivity index (χ2v) is 4.48. The van der Waals surface area contributed by atoms with Gasteiger partial charge in [0.05, 0.1) is 18.8 Å². The lowest BCUT2D eigenvalue weighted by Crippen LogP contribution is -2.52. The van der Waals surface area contributed by atoms with Gasteiger partial charge in [-0.2, -0.15) is 0 Å². The van der Waals surface area contributed by atoms with Gasteiger partial charge in [0.1, 0.15) is 0 Å². The molecule has 0 aromatic rings. The van der Waals surface area contributed by atoms with Crippen molar-refractivity contribution < 1.29 is 9.47 Å². The number of rotatable bonds is 3. The number of morpholine rings is 1. The fourth-order valence-electron chi connectivity index (χ4n) is 2.59. The molecule has 2 rings (SSSR count). The van der Waals surface area contributed by atoms with Crippen LogP contribution in [0.5, 0.6) is 0 Å². The van der Waals surface area contributed by atoms with Gasteiger partial charge in [-0.15, -0.1) is 0 Å².